The van der Waals surface area contributed by atoms with Gasteiger partial charge in [-0.2, -0.15) is 0 Å². The number of rotatable bonds is 43. The van der Waals surface area contributed by atoms with Gasteiger partial charge in [-0.1, -0.05) is 186 Å². The van der Waals surface area contributed by atoms with Crippen LogP contribution in [0.4, 0.5) is 0 Å². The molecule has 0 radical (unpaired) electrons. The predicted molar refractivity (Wildman–Crippen MR) is 238 cm³/mol. The standard InChI is InChI=1S/C50H90O6/c1-4-7-10-13-16-19-21-23-25-27-28-31-34-37-40-43-49(52)55-46-47(45-54-48(51)42-39-36-33-30-18-15-12-9-6-3)56-50(53)44-41-38-35-32-29-26-24-22-20-17-14-11-8-5-2/h16,19,22-25,47H,4-15,17-18,20-21,26-46H2,1-3H3/b19-16-,24-22-,25-23-/t47-/m1/s1. The molecule has 0 unspecified atom stereocenters. The topological polar surface area (TPSA) is 78.9 Å². The number of ether oxygens (including phenoxy) is 3. The fraction of sp³-hybridized carbons (Fsp3) is 0.820. The molecular weight excluding hydrogens is 697 g/mol. The molecule has 0 saturated heterocycles. The molecule has 326 valence electrons. The van der Waals surface area contributed by atoms with Gasteiger partial charge in [0.2, 0.25) is 0 Å². The van der Waals surface area contributed by atoms with Crippen LogP contribution < -0.4 is 0 Å². The van der Waals surface area contributed by atoms with E-state index in [-0.39, 0.29) is 31.1 Å². The molecule has 0 spiro atoms. The molecule has 0 N–H and O–H groups in total. The second-order valence-corrected chi connectivity index (χ2v) is 16.0. The molecule has 1 atom stereocenters. The number of hydrogen-bond acceptors (Lipinski definition) is 6. The van der Waals surface area contributed by atoms with Crippen molar-refractivity contribution in [3.05, 3.63) is 36.5 Å². The fourth-order valence-corrected chi connectivity index (χ4v) is 6.70. The molecule has 56 heavy (non-hydrogen) atoms. The van der Waals surface area contributed by atoms with Crippen molar-refractivity contribution in [2.45, 2.75) is 252 Å². The van der Waals surface area contributed by atoms with Crippen molar-refractivity contribution in [2.75, 3.05) is 13.2 Å². The maximum absolute atomic E-state index is 12.7. The van der Waals surface area contributed by atoms with E-state index in [1.165, 1.54) is 116 Å². The zero-order valence-electron chi connectivity index (χ0n) is 37.2. The van der Waals surface area contributed by atoms with Gasteiger partial charge in [0.15, 0.2) is 6.10 Å². The van der Waals surface area contributed by atoms with Crippen molar-refractivity contribution in [3.8, 4) is 0 Å². The molecule has 0 heterocycles. The van der Waals surface area contributed by atoms with E-state index >= 15 is 0 Å². The summed E-state index contributed by atoms with van der Waals surface area (Å²) < 4.78 is 16.7. The van der Waals surface area contributed by atoms with Crippen molar-refractivity contribution in [1.82, 2.24) is 0 Å². The van der Waals surface area contributed by atoms with Crippen LogP contribution in [-0.2, 0) is 28.6 Å². The third kappa shape index (κ3) is 42.8. The monoisotopic (exact) mass is 787 g/mol. The normalized spacial score (nSPS) is 12.3. The van der Waals surface area contributed by atoms with E-state index in [2.05, 4.69) is 57.2 Å². The van der Waals surface area contributed by atoms with E-state index in [9.17, 15) is 14.4 Å². The smallest absolute Gasteiger partial charge is 0.306 e. The zero-order valence-corrected chi connectivity index (χ0v) is 37.2. The summed E-state index contributed by atoms with van der Waals surface area (Å²) in [6.07, 6.45) is 51.2. The molecule has 6 nitrogen and oxygen atoms in total. The molecule has 0 fully saturated rings. The lowest BCUT2D eigenvalue weighted by Gasteiger charge is -2.18. The van der Waals surface area contributed by atoms with Crippen molar-refractivity contribution >= 4 is 17.9 Å². The summed E-state index contributed by atoms with van der Waals surface area (Å²) in [5.41, 5.74) is 0. The summed E-state index contributed by atoms with van der Waals surface area (Å²) in [6.45, 7) is 6.57. The first-order valence-corrected chi connectivity index (χ1v) is 24.0. The highest BCUT2D eigenvalue weighted by Crippen LogP contribution is 2.14. The SMILES string of the molecule is CCCCC/C=C\C/C=C\CCCCCCCC(=O)OC[C@@H](COC(=O)CCCCCCCCCCC)OC(=O)CCCCCCC/C=C\CCCCCCC. The van der Waals surface area contributed by atoms with Gasteiger partial charge in [-0.3, -0.25) is 14.4 Å². The lowest BCUT2D eigenvalue weighted by atomic mass is 10.1. The Morgan fingerprint density at radius 2 is 0.643 bits per heavy atom. The minimum Gasteiger partial charge on any atom is -0.462 e. The Morgan fingerprint density at radius 1 is 0.357 bits per heavy atom. The van der Waals surface area contributed by atoms with Gasteiger partial charge in [0.05, 0.1) is 0 Å². The Hall–Kier alpha value is -2.37. The Labute approximate surface area is 346 Å². The van der Waals surface area contributed by atoms with Crippen molar-refractivity contribution in [2.24, 2.45) is 0 Å². The van der Waals surface area contributed by atoms with E-state index in [1.807, 2.05) is 0 Å². The zero-order chi connectivity index (χ0) is 40.8. The van der Waals surface area contributed by atoms with E-state index < -0.39 is 6.10 Å². The van der Waals surface area contributed by atoms with Gasteiger partial charge in [0.1, 0.15) is 13.2 Å². The Kier molecular flexibility index (Phi) is 43.4. The minimum absolute atomic E-state index is 0.0781. The maximum Gasteiger partial charge on any atom is 0.306 e. The summed E-state index contributed by atoms with van der Waals surface area (Å²) in [4.78, 5) is 37.7. The highest BCUT2D eigenvalue weighted by Gasteiger charge is 2.19. The molecule has 0 aromatic carbocycles. The van der Waals surface area contributed by atoms with Crippen LogP contribution in [0.3, 0.4) is 0 Å². The van der Waals surface area contributed by atoms with Crippen LogP contribution in [-0.4, -0.2) is 37.2 Å². The molecule has 6 heteroatoms. The molecule has 0 rings (SSSR count). The van der Waals surface area contributed by atoms with E-state index in [4.69, 9.17) is 14.2 Å². The van der Waals surface area contributed by atoms with Gasteiger partial charge < -0.3 is 14.2 Å². The Morgan fingerprint density at radius 3 is 1.04 bits per heavy atom. The summed E-state index contributed by atoms with van der Waals surface area (Å²) in [5.74, 6) is -0.900. The largest absolute Gasteiger partial charge is 0.462 e. The number of hydrogen-bond donors (Lipinski definition) is 0. The first-order chi connectivity index (χ1) is 27.5. The van der Waals surface area contributed by atoms with E-state index in [1.54, 1.807) is 0 Å². The highest BCUT2D eigenvalue weighted by atomic mass is 16.6. The third-order valence-corrected chi connectivity index (χ3v) is 10.4. The molecule has 0 aliphatic carbocycles. The van der Waals surface area contributed by atoms with E-state index in [0.717, 1.165) is 89.9 Å². The predicted octanol–water partition coefficient (Wildman–Crippen LogP) is 15.4. The summed E-state index contributed by atoms with van der Waals surface area (Å²) in [7, 11) is 0. The molecule has 0 saturated carbocycles. The average molecular weight is 787 g/mol. The van der Waals surface area contributed by atoms with Crippen molar-refractivity contribution in [1.29, 1.82) is 0 Å². The number of esters is 3. The van der Waals surface area contributed by atoms with Gasteiger partial charge in [-0.15, -0.1) is 0 Å². The molecule has 0 aliphatic rings. The molecule has 0 bridgehead atoms. The molecule has 0 aliphatic heterocycles. The van der Waals surface area contributed by atoms with Crippen molar-refractivity contribution in [3.63, 3.8) is 0 Å². The van der Waals surface area contributed by atoms with Gasteiger partial charge in [0.25, 0.3) is 0 Å². The Bertz CT molecular complexity index is 953. The number of allylic oxidation sites excluding steroid dienone is 6. The van der Waals surface area contributed by atoms with Crippen molar-refractivity contribution < 1.29 is 28.6 Å². The second-order valence-electron chi connectivity index (χ2n) is 16.0. The van der Waals surface area contributed by atoms with Crippen LogP contribution in [0.25, 0.3) is 0 Å². The van der Waals surface area contributed by atoms with Crippen LogP contribution in [0.5, 0.6) is 0 Å². The lowest BCUT2D eigenvalue weighted by Crippen LogP contribution is -2.30. The summed E-state index contributed by atoms with van der Waals surface area (Å²) in [6, 6.07) is 0. The van der Waals surface area contributed by atoms with Crippen LogP contribution >= 0.6 is 0 Å². The van der Waals surface area contributed by atoms with Crippen LogP contribution in [0, 0.1) is 0 Å². The molecule has 0 aromatic rings. The maximum atomic E-state index is 12.7. The molecular formula is C50H90O6. The average Bonchev–Trinajstić information content (AvgIpc) is 3.19. The number of carbonyl (C=O) groups is 3. The van der Waals surface area contributed by atoms with E-state index in [0.29, 0.717) is 19.3 Å². The quantitative estimate of drug-likeness (QED) is 0.0265. The number of unbranched alkanes of at least 4 members (excludes halogenated alkanes) is 26. The van der Waals surface area contributed by atoms with Gasteiger partial charge >= 0.3 is 17.9 Å². The van der Waals surface area contributed by atoms with Crippen LogP contribution in [0.1, 0.15) is 245 Å². The second kappa shape index (κ2) is 45.3. The first-order valence-electron chi connectivity index (χ1n) is 24.0. The third-order valence-electron chi connectivity index (χ3n) is 10.4. The number of carbonyl (C=O) groups excluding carboxylic acids is 3. The van der Waals surface area contributed by atoms with Crippen LogP contribution in [0.2, 0.25) is 0 Å². The fourth-order valence-electron chi connectivity index (χ4n) is 6.70. The highest BCUT2D eigenvalue weighted by molar-refractivity contribution is 5.71. The molecule has 0 amide bonds. The van der Waals surface area contributed by atoms with Gasteiger partial charge in [-0.25, -0.2) is 0 Å². The van der Waals surface area contributed by atoms with Gasteiger partial charge in [0, 0.05) is 19.3 Å². The minimum atomic E-state index is -0.776. The first kappa shape index (κ1) is 53.6. The summed E-state index contributed by atoms with van der Waals surface area (Å²) in [5, 5.41) is 0. The lowest BCUT2D eigenvalue weighted by molar-refractivity contribution is -0.167. The van der Waals surface area contributed by atoms with Gasteiger partial charge in [-0.05, 0) is 77.0 Å². The Balaban J connectivity index is 4.37. The van der Waals surface area contributed by atoms with Crippen LogP contribution in [0.15, 0.2) is 36.5 Å². The summed E-state index contributed by atoms with van der Waals surface area (Å²) >= 11 is 0. The molecule has 0 aromatic heterocycles.